The third-order valence-electron chi connectivity index (χ3n) is 4.16. The maximum atomic E-state index is 12.4. The van der Waals surface area contributed by atoms with Gasteiger partial charge in [0.1, 0.15) is 11.5 Å². The fourth-order valence-electron chi connectivity index (χ4n) is 2.66. The molecule has 0 saturated heterocycles. The molecule has 0 saturated carbocycles. The lowest BCUT2D eigenvalue weighted by Crippen LogP contribution is -3.08. The number of benzene rings is 1. The van der Waals surface area contributed by atoms with Gasteiger partial charge in [0.15, 0.2) is 6.54 Å². The zero-order chi connectivity index (χ0) is 19.3. The third kappa shape index (κ3) is 5.09. The number of methoxy groups -OCH3 is 1. The van der Waals surface area contributed by atoms with Crippen molar-refractivity contribution < 1.29 is 19.2 Å². The van der Waals surface area contributed by atoms with E-state index in [1.807, 2.05) is 27.2 Å². The summed E-state index contributed by atoms with van der Waals surface area (Å²) < 4.78 is 4.84. The first-order chi connectivity index (χ1) is 12.3. The van der Waals surface area contributed by atoms with Gasteiger partial charge in [-0.3, -0.25) is 4.79 Å². The van der Waals surface area contributed by atoms with Crippen LogP contribution in [0.2, 0.25) is 0 Å². The van der Waals surface area contributed by atoms with Gasteiger partial charge < -0.3 is 15.0 Å². The first kappa shape index (κ1) is 20.5. The molecule has 1 aromatic heterocycles. The number of thiophene rings is 1. The topological polar surface area (TPSA) is 59.8 Å². The summed E-state index contributed by atoms with van der Waals surface area (Å²) in [5.41, 5.74) is 2.49. The van der Waals surface area contributed by atoms with E-state index in [0.717, 1.165) is 21.9 Å². The van der Waals surface area contributed by atoms with Crippen molar-refractivity contribution in [1.29, 1.82) is 0 Å². The summed E-state index contributed by atoms with van der Waals surface area (Å²) in [5.74, 6) is -0.536. The second-order valence-corrected chi connectivity index (χ2v) is 8.29. The van der Waals surface area contributed by atoms with Crippen LogP contribution in [-0.4, -0.2) is 38.8 Å². The van der Waals surface area contributed by atoms with Crippen molar-refractivity contribution in [2.75, 3.05) is 32.3 Å². The SMILES string of the molecule is COC(=O)c1c(NC(=O)C[NH+](C)Cc2ccc(SC)cc2)sc(C)c1C. The highest BCUT2D eigenvalue weighted by molar-refractivity contribution is 7.98. The number of quaternary nitrogens is 1. The number of rotatable bonds is 7. The second kappa shape index (κ2) is 9.21. The van der Waals surface area contributed by atoms with E-state index in [9.17, 15) is 9.59 Å². The molecule has 26 heavy (non-hydrogen) atoms. The zero-order valence-corrected chi connectivity index (χ0v) is 17.4. The van der Waals surface area contributed by atoms with E-state index in [2.05, 4.69) is 29.6 Å². The Bertz CT molecular complexity index is 785. The number of esters is 1. The molecule has 140 valence electrons. The predicted molar refractivity (Wildman–Crippen MR) is 107 cm³/mol. The second-order valence-electron chi connectivity index (χ2n) is 6.19. The van der Waals surface area contributed by atoms with Crippen LogP contribution in [0.4, 0.5) is 5.00 Å². The van der Waals surface area contributed by atoms with Crippen molar-refractivity contribution in [3.05, 3.63) is 45.8 Å². The molecule has 1 heterocycles. The molecule has 2 rings (SSSR count). The van der Waals surface area contributed by atoms with E-state index in [4.69, 9.17) is 4.74 Å². The van der Waals surface area contributed by atoms with Crippen LogP contribution < -0.4 is 10.2 Å². The summed E-state index contributed by atoms with van der Waals surface area (Å²) in [6.45, 7) is 4.87. The van der Waals surface area contributed by atoms with Crippen LogP contribution in [0.15, 0.2) is 29.2 Å². The Balaban J connectivity index is 1.99. The molecule has 0 aliphatic rings. The Kier molecular flexibility index (Phi) is 7.25. The number of amides is 1. The van der Waals surface area contributed by atoms with Crippen LogP contribution in [0.25, 0.3) is 0 Å². The molecule has 7 heteroatoms. The van der Waals surface area contributed by atoms with Gasteiger partial charge >= 0.3 is 5.97 Å². The highest BCUT2D eigenvalue weighted by Gasteiger charge is 2.22. The van der Waals surface area contributed by atoms with Gasteiger partial charge in [0, 0.05) is 15.3 Å². The Morgan fingerprint density at radius 2 is 1.88 bits per heavy atom. The standard InChI is InChI=1S/C19H24N2O3S2/c1-12-13(2)26-18(17(12)19(23)24-4)20-16(22)11-21(3)10-14-6-8-15(25-5)9-7-14/h6-9H,10-11H2,1-5H3,(H,20,22)/p+1. The lowest BCUT2D eigenvalue weighted by atomic mass is 10.1. The molecule has 0 radical (unpaired) electrons. The van der Waals surface area contributed by atoms with Gasteiger partial charge in [0.05, 0.1) is 19.7 Å². The van der Waals surface area contributed by atoms with Crippen LogP contribution in [0.5, 0.6) is 0 Å². The Morgan fingerprint density at radius 3 is 2.46 bits per heavy atom. The smallest absolute Gasteiger partial charge is 0.341 e. The van der Waals surface area contributed by atoms with Gasteiger partial charge in [-0.15, -0.1) is 23.1 Å². The molecule has 0 aliphatic heterocycles. The predicted octanol–water partition coefficient (Wildman–Crippen LogP) is 2.53. The van der Waals surface area contributed by atoms with Crippen molar-refractivity contribution >= 4 is 40.0 Å². The van der Waals surface area contributed by atoms with Gasteiger partial charge in [0.2, 0.25) is 0 Å². The zero-order valence-electron chi connectivity index (χ0n) is 15.8. The number of ether oxygens (including phenoxy) is 1. The molecule has 1 amide bonds. The van der Waals surface area contributed by atoms with Crippen LogP contribution >= 0.6 is 23.1 Å². The number of hydrogen-bond acceptors (Lipinski definition) is 5. The van der Waals surface area contributed by atoms with E-state index in [1.54, 1.807) is 11.8 Å². The Hall–Kier alpha value is -1.83. The molecule has 2 aromatic rings. The van der Waals surface area contributed by atoms with Crippen LogP contribution in [0, 0.1) is 13.8 Å². The summed E-state index contributed by atoms with van der Waals surface area (Å²) in [6.07, 6.45) is 2.05. The molecule has 1 atom stereocenters. The number of carbonyl (C=O) groups is 2. The van der Waals surface area contributed by atoms with Crippen LogP contribution in [-0.2, 0) is 16.1 Å². The Morgan fingerprint density at radius 1 is 1.23 bits per heavy atom. The number of likely N-dealkylation sites (N-methyl/N-ethyl adjacent to an activating group) is 1. The highest BCUT2D eigenvalue weighted by Crippen LogP contribution is 2.32. The summed E-state index contributed by atoms with van der Waals surface area (Å²) in [6, 6.07) is 8.36. The van der Waals surface area contributed by atoms with Crippen molar-refractivity contribution in [2.45, 2.75) is 25.3 Å². The van der Waals surface area contributed by atoms with Crippen LogP contribution in [0.3, 0.4) is 0 Å². The van der Waals surface area contributed by atoms with Gasteiger partial charge in [-0.25, -0.2) is 4.79 Å². The van der Waals surface area contributed by atoms with E-state index in [1.165, 1.54) is 28.9 Å². The van der Waals surface area contributed by atoms with Crippen molar-refractivity contribution in [3.63, 3.8) is 0 Å². The normalized spacial score (nSPS) is 11.9. The average Bonchev–Trinajstić information content (AvgIpc) is 2.88. The lowest BCUT2D eigenvalue weighted by Gasteiger charge is -2.14. The highest BCUT2D eigenvalue weighted by atomic mass is 32.2. The minimum absolute atomic E-state index is 0.116. The fourth-order valence-corrected chi connectivity index (χ4v) is 4.14. The molecule has 0 spiro atoms. The summed E-state index contributed by atoms with van der Waals surface area (Å²) in [5, 5.41) is 3.44. The monoisotopic (exact) mass is 393 g/mol. The Labute approximate surface area is 162 Å². The quantitative estimate of drug-likeness (QED) is 0.561. The van der Waals surface area contributed by atoms with Gasteiger partial charge in [0.25, 0.3) is 5.91 Å². The van der Waals surface area contributed by atoms with Gasteiger partial charge in [-0.1, -0.05) is 12.1 Å². The maximum Gasteiger partial charge on any atom is 0.341 e. The van der Waals surface area contributed by atoms with E-state index in [-0.39, 0.29) is 5.91 Å². The van der Waals surface area contributed by atoms with E-state index >= 15 is 0 Å². The molecule has 0 fully saturated rings. The summed E-state index contributed by atoms with van der Waals surface area (Å²) in [7, 11) is 3.33. The average molecular weight is 394 g/mol. The first-order valence-electron chi connectivity index (χ1n) is 8.28. The number of thioether (sulfide) groups is 1. The maximum absolute atomic E-state index is 12.4. The molecule has 0 bridgehead atoms. The number of anilines is 1. The molecule has 2 N–H and O–H groups in total. The molecule has 1 unspecified atom stereocenters. The minimum atomic E-state index is -0.420. The molecular weight excluding hydrogens is 368 g/mol. The lowest BCUT2D eigenvalue weighted by molar-refractivity contribution is -0.885. The summed E-state index contributed by atoms with van der Waals surface area (Å²) in [4.78, 5) is 27.7. The van der Waals surface area contributed by atoms with Crippen molar-refractivity contribution in [3.8, 4) is 0 Å². The minimum Gasteiger partial charge on any atom is -0.465 e. The van der Waals surface area contributed by atoms with Crippen molar-refractivity contribution in [2.24, 2.45) is 0 Å². The number of hydrogen-bond donors (Lipinski definition) is 2. The number of aryl methyl sites for hydroxylation is 1. The van der Waals surface area contributed by atoms with E-state index in [0.29, 0.717) is 17.1 Å². The number of nitrogens with one attached hydrogen (secondary N) is 2. The molecular formula is C19H25N2O3S2+. The fraction of sp³-hybridized carbons (Fsp3) is 0.368. The summed E-state index contributed by atoms with van der Waals surface area (Å²) >= 11 is 3.11. The largest absolute Gasteiger partial charge is 0.465 e. The molecule has 5 nitrogen and oxygen atoms in total. The van der Waals surface area contributed by atoms with Gasteiger partial charge in [-0.2, -0.15) is 0 Å². The molecule has 0 aliphatic carbocycles. The van der Waals surface area contributed by atoms with Gasteiger partial charge in [-0.05, 0) is 37.8 Å². The molecule has 1 aromatic carbocycles. The van der Waals surface area contributed by atoms with Crippen LogP contribution in [0.1, 0.15) is 26.4 Å². The number of carbonyl (C=O) groups excluding carboxylic acids is 2. The van der Waals surface area contributed by atoms with E-state index < -0.39 is 5.97 Å². The van der Waals surface area contributed by atoms with Crippen molar-refractivity contribution in [1.82, 2.24) is 0 Å². The third-order valence-corrected chi connectivity index (χ3v) is 6.02. The first-order valence-corrected chi connectivity index (χ1v) is 10.3.